The molecule has 0 aliphatic carbocycles. The average molecular weight is 211 g/mol. The summed E-state index contributed by atoms with van der Waals surface area (Å²) in [6, 6.07) is 5.63. The number of hydrogen-bond acceptors (Lipinski definition) is 4. The second kappa shape index (κ2) is 6.27. The van der Waals surface area contributed by atoms with Crippen molar-refractivity contribution in [3.8, 4) is 11.5 Å². The monoisotopic (exact) mass is 211 g/mol. The molecule has 15 heavy (non-hydrogen) atoms. The molecule has 0 aliphatic heterocycles. The maximum Gasteiger partial charge on any atom is 0.161 e. The standard InChI is InChI=1S/C11H17NO3/c1-3-6-14-10-5-4-9(8-15-12)7-11(10)13-2/h4-5,7H,3,6,8,12H2,1-2H3. The van der Waals surface area contributed by atoms with Crippen molar-refractivity contribution in [2.75, 3.05) is 13.7 Å². The Balaban J connectivity index is 2.78. The van der Waals surface area contributed by atoms with E-state index in [-0.39, 0.29) is 0 Å². The van der Waals surface area contributed by atoms with Crippen molar-refractivity contribution in [3.05, 3.63) is 23.8 Å². The van der Waals surface area contributed by atoms with Crippen molar-refractivity contribution in [2.24, 2.45) is 5.90 Å². The molecule has 0 bridgehead atoms. The second-order valence-corrected chi connectivity index (χ2v) is 3.14. The van der Waals surface area contributed by atoms with Gasteiger partial charge in [-0.3, -0.25) is 4.84 Å². The smallest absolute Gasteiger partial charge is 0.161 e. The van der Waals surface area contributed by atoms with Crippen LogP contribution >= 0.6 is 0 Å². The van der Waals surface area contributed by atoms with Crippen molar-refractivity contribution in [1.29, 1.82) is 0 Å². The maximum atomic E-state index is 5.51. The van der Waals surface area contributed by atoms with E-state index in [1.165, 1.54) is 0 Å². The Labute approximate surface area is 89.9 Å². The fourth-order valence-electron chi connectivity index (χ4n) is 1.23. The number of hydrogen-bond donors (Lipinski definition) is 1. The third-order valence-electron chi connectivity index (χ3n) is 1.94. The molecule has 0 unspecified atom stereocenters. The van der Waals surface area contributed by atoms with Gasteiger partial charge >= 0.3 is 0 Å². The van der Waals surface area contributed by atoms with Crippen LogP contribution < -0.4 is 15.4 Å². The molecular weight excluding hydrogens is 194 g/mol. The lowest BCUT2D eigenvalue weighted by molar-refractivity contribution is 0.124. The largest absolute Gasteiger partial charge is 0.493 e. The lowest BCUT2D eigenvalue weighted by atomic mass is 10.2. The van der Waals surface area contributed by atoms with Crippen LogP contribution in [-0.2, 0) is 11.4 Å². The lowest BCUT2D eigenvalue weighted by Crippen LogP contribution is -2.01. The summed E-state index contributed by atoms with van der Waals surface area (Å²) in [6.07, 6.45) is 0.969. The topological polar surface area (TPSA) is 53.7 Å². The minimum absolute atomic E-state index is 0.365. The maximum absolute atomic E-state index is 5.51. The van der Waals surface area contributed by atoms with E-state index in [0.717, 1.165) is 17.7 Å². The average Bonchev–Trinajstić information content (AvgIpc) is 2.27. The van der Waals surface area contributed by atoms with Crippen molar-refractivity contribution >= 4 is 0 Å². The van der Waals surface area contributed by atoms with Gasteiger partial charge in [-0.2, -0.15) is 0 Å². The Morgan fingerprint density at radius 2 is 2.07 bits per heavy atom. The summed E-state index contributed by atoms with van der Waals surface area (Å²) < 4.78 is 10.7. The van der Waals surface area contributed by atoms with Crippen LogP contribution in [0.25, 0.3) is 0 Å². The van der Waals surface area contributed by atoms with Gasteiger partial charge in [0.1, 0.15) is 0 Å². The summed E-state index contributed by atoms with van der Waals surface area (Å²) in [5, 5.41) is 0. The van der Waals surface area contributed by atoms with Gasteiger partial charge in [0, 0.05) is 0 Å². The van der Waals surface area contributed by atoms with Crippen LogP contribution in [0.2, 0.25) is 0 Å². The number of ether oxygens (including phenoxy) is 2. The Hall–Kier alpha value is -1.26. The molecule has 0 fully saturated rings. The Bertz CT molecular complexity index is 302. The molecule has 0 amide bonds. The Kier molecular flexibility index (Phi) is 4.93. The van der Waals surface area contributed by atoms with E-state index in [1.807, 2.05) is 18.2 Å². The molecule has 0 heterocycles. The summed E-state index contributed by atoms with van der Waals surface area (Å²) in [5.74, 6) is 6.45. The number of rotatable bonds is 6. The van der Waals surface area contributed by atoms with Gasteiger partial charge in [0.2, 0.25) is 0 Å². The van der Waals surface area contributed by atoms with Crippen LogP contribution in [0.3, 0.4) is 0 Å². The highest BCUT2D eigenvalue weighted by molar-refractivity contribution is 5.42. The second-order valence-electron chi connectivity index (χ2n) is 3.14. The van der Waals surface area contributed by atoms with Crippen LogP contribution in [0.4, 0.5) is 0 Å². The summed E-state index contributed by atoms with van der Waals surface area (Å²) in [7, 11) is 1.61. The van der Waals surface area contributed by atoms with Gasteiger partial charge in [0.15, 0.2) is 11.5 Å². The zero-order valence-electron chi connectivity index (χ0n) is 9.16. The normalized spacial score (nSPS) is 10.1. The molecule has 0 atom stereocenters. The molecule has 0 radical (unpaired) electrons. The molecule has 1 aromatic carbocycles. The SMILES string of the molecule is CCCOc1ccc(CON)cc1OC. The molecule has 84 valence electrons. The summed E-state index contributed by atoms with van der Waals surface area (Å²) >= 11 is 0. The van der Waals surface area contributed by atoms with E-state index >= 15 is 0 Å². The third kappa shape index (κ3) is 3.42. The summed E-state index contributed by atoms with van der Waals surface area (Å²) in [6.45, 7) is 3.11. The molecule has 4 heteroatoms. The highest BCUT2D eigenvalue weighted by Crippen LogP contribution is 2.28. The van der Waals surface area contributed by atoms with Gasteiger partial charge in [-0.25, -0.2) is 5.90 Å². The van der Waals surface area contributed by atoms with Crippen molar-refractivity contribution in [1.82, 2.24) is 0 Å². The lowest BCUT2D eigenvalue weighted by Gasteiger charge is -2.11. The van der Waals surface area contributed by atoms with Gasteiger partial charge in [0.25, 0.3) is 0 Å². The molecule has 0 saturated carbocycles. The van der Waals surface area contributed by atoms with Crippen LogP contribution in [0.5, 0.6) is 11.5 Å². The van der Waals surface area contributed by atoms with Gasteiger partial charge in [-0.05, 0) is 24.1 Å². The minimum atomic E-state index is 0.365. The molecule has 0 aliphatic rings. The first kappa shape index (κ1) is 11.8. The number of nitrogens with two attached hydrogens (primary N) is 1. The highest BCUT2D eigenvalue weighted by Gasteiger charge is 2.05. The predicted molar refractivity (Wildman–Crippen MR) is 57.8 cm³/mol. The van der Waals surface area contributed by atoms with Gasteiger partial charge in [0.05, 0.1) is 20.3 Å². The van der Waals surface area contributed by atoms with Crippen molar-refractivity contribution in [3.63, 3.8) is 0 Å². The summed E-state index contributed by atoms with van der Waals surface area (Å²) in [4.78, 5) is 4.55. The Morgan fingerprint density at radius 1 is 1.27 bits per heavy atom. The quantitative estimate of drug-likeness (QED) is 0.730. The first-order valence-electron chi connectivity index (χ1n) is 4.93. The first-order valence-corrected chi connectivity index (χ1v) is 4.93. The molecule has 4 nitrogen and oxygen atoms in total. The number of methoxy groups -OCH3 is 1. The van der Waals surface area contributed by atoms with Gasteiger partial charge < -0.3 is 9.47 Å². The highest BCUT2D eigenvalue weighted by atomic mass is 16.6. The predicted octanol–water partition coefficient (Wildman–Crippen LogP) is 1.87. The van der Waals surface area contributed by atoms with Crippen molar-refractivity contribution in [2.45, 2.75) is 20.0 Å². The third-order valence-corrected chi connectivity index (χ3v) is 1.94. The van der Waals surface area contributed by atoms with Crippen LogP contribution in [0.15, 0.2) is 18.2 Å². The van der Waals surface area contributed by atoms with E-state index < -0.39 is 0 Å². The molecule has 0 spiro atoms. The zero-order chi connectivity index (χ0) is 11.1. The van der Waals surface area contributed by atoms with Crippen LogP contribution in [-0.4, -0.2) is 13.7 Å². The van der Waals surface area contributed by atoms with Crippen LogP contribution in [0, 0.1) is 0 Å². The molecule has 1 rings (SSSR count). The van der Waals surface area contributed by atoms with E-state index in [0.29, 0.717) is 19.0 Å². The fraction of sp³-hybridized carbons (Fsp3) is 0.455. The zero-order valence-corrected chi connectivity index (χ0v) is 9.16. The molecule has 1 aromatic rings. The van der Waals surface area contributed by atoms with E-state index in [4.69, 9.17) is 15.4 Å². The Morgan fingerprint density at radius 3 is 2.67 bits per heavy atom. The fourth-order valence-corrected chi connectivity index (χ4v) is 1.23. The van der Waals surface area contributed by atoms with Gasteiger partial charge in [-0.15, -0.1) is 0 Å². The van der Waals surface area contributed by atoms with E-state index in [1.54, 1.807) is 7.11 Å². The van der Waals surface area contributed by atoms with E-state index in [9.17, 15) is 0 Å². The minimum Gasteiger partial charge on any atom is -0.493 e. The molecule has 0 aromatic heterocycles. The number of benzene rings is 1. The van der Waals surface area contributed by atoms with E-state index in [2.05, 4.69) is 11.8 Å². The first-order chi connectivity index (χ1) is 7.31. The molecule has 2 N–H and O–H groups in total. The van der Waals surface area contributed by atoms with Gasteiger partial charge in [-0.1, -0.05) is 13.0 Å². The van der Waals surface area contributed by atoms with Crippen LogP contribution in [0.1, 0.15) is 18.9 Å². The molecule has 0 saturated heterocycles. The van der Waals surface area contributed by atoms with Crippen molar-refractivity contribution < 1.29 is 14.3 Å². The molecular formula is C11H17NO3. The summed E-state index contributed by atoms with van der Waals surface area (Å²) in [5.41, 5.74) is 0.957.